The molecule has 6 nitrogen and oxygen atoms in total. The summed E-state index contributed by atoms with van der Waals surface area (Å²) in [6.45, 7) is 1.14. The number of carbonyl (C=O) groups excluding carboxylic acids is 1. The zero-order valence-electron chi connectivity index (χ0n) is 15.0. The fourth-order valence-corrected chi connectivity index (χ4v) is 4.88. The maximum Gasteiger partial charge on any atom is 0.324 e. The van der Waals surface area contributed by atoms with Gasteiger partial charge in [0.1, 0.15) is 0 Å². The molecule has 27 heavy (non-hydrogen) atoms. The number of rotatable bonds is 2. The molecule has 2 amide bonds. The number of benzene rings is 1. The smallest absolute Gasteiger partial charge is 0.314 e. The van der Waals surface area contributed by atoms with Crippen LogP contribution in [0.25, 0.3) is 5.69 Å². The zero-order valence-corrected chi connectivity index (χ0v) is 15.8. The number of amides is 2. The van der Waals surface area contributed by atoms with Crippen LogP contribution in [-0.4, -0.2) is 25.7 Å². The Kier molecular flexibility index (Phi) is 4.16. The number of carbonyl (C=O) groups is 1. The topological polar surface area (TPSA) is 63.1 Å². The summed E-state index contributed by atoms with van der Waals surface area (Å²) in [5.41, 5.74) is 4.37. The Morgan fingerprint density at radius 1 is 1.07 bits per heavy atom. The van der Waals surface area contributed by atoms with E-state index in [0.29, 0.717) is 13.1 Å². The van der Waals surface area contributed by atoms with E-state index in [-0.39, 0.29) is 6.03 Å². The van der Waals surface area contributed by atoms with Crippen LogP contribution in [0.1, 0.15) is 41.1 Å². The zero-order chi connectivity index (χ0) is 18.2. The summed E-state index contributed by atoms with van der Waals surface area (Å²) < 4.78 is 1.92. The van der Waals surface area contributed by atoms with E-state index in [2.05, 4.69) is 15.4 Å². The van der Waals surface area contributed by atoms with Crippen molar-refractivity contribution in [2.45, 2.75) is 45.2 Å². The molecule has 3 aromatic rings. The van der Waals surface area contributed by atoms with E-state index in [1.807, 2.05) is 46.1 Å². The Bertz CT molecular complexity index is 954. The highest BCUT2D eigenvalue weighted by atomic mass is 32.1. The number of aromatic nitrogens is 3. The van der Waals surface area contributed by atoms with E-state index in [0.717, 1.165) is 34.9 Å². The van der Waals surface area contributed by atoms with E-state index >= 15 is 0 Å². The second kappa shape index (κ2) is 6.81. The lowest BCUT2D eigenvalue weighted by Crippen LogP contribution is -2.30. The number of anilines is 1. The predicted octanol–water partition coefficient (Wildman–Crippen LogP) is 4.15. The first-order valence-corrected chi connectivity index (χ1v) is 10.3. The van der Waals surface area contributed by atoms with Crippen molar-refractivity contribution < 1.29 is 4.79 Å². The highest BCUT2D eigenvalue weighted by molar-refractivity contribution is 7.15. The third-order valence-electron chi connectivity index (χ3n) is 5.25. The Morgan fingerprint density at radius 2 is 1.93 bits per heavy atom. The quantitative estimate of drug-likeness (QED) is 0.681. The summed E-state index contributed by atoms with van der Waals surface area (Å²) in [5.74, 6) is 0. The number of urea groups is 1. The molecule has 0 fully saturated rings. The number of hydrogen-bond donors (Lipinski definition) is 1. The van der Waals surface area contributed by atoms with Crippen LogP contribution in [0, 0.1) is 0 Å². The maximum absolute atomic E-state index is 12.8. The SMILES string of the molecule is O=C(Nc1nc2c(s1)CCCCC2)N1Cc2cnn(-c3ccccc3)c2C1. The van der Waals surface area contributed by atoms with Crippen molar-refractivity contribution in [3.8, 4) is 5.69 Å². The van der Waals surface area contributed by atoms with Gasteiger partial charge in [-0.1, -0.05) is 24.6 Å². The van der Waals surface area contributed by atoms with Gasteiger partial charge in [-0.15, -0.1) is 11.3 Å². The second-order valence-electron chi connectivity index (χ2n) is 7.10. The Hall–Kier alpha value is -2.67. The van der Waals surface area contributed by atoms with Gasteiger partial charge in [-0.05, 0) is 37.8 Å². The van der Waals surface area contributed by atoms with Gasteiger partial charge in [0, 0.05) is 10.4 Å². The molecule has 5 rings (SSSR count). The average molecular weight is 379 g/mol. The summed E-state index contributed by atoms with van der Waals surface area (Å²) in [4.78, 5) is 20.6. The minimum Gasteiger partial charge on any atom is -0.314 e. The van der Waals surface area contributed by atoms with Gasteiger partial charge < -0.3 is 4.90 Å². The van der Waals surface area contributed by atoms with Crippen LogP contribution in [0.3, 0.4) is 0 Å². The molecule has 0 unspecified atom stereocenters. The number of thiazole rings is 1. The molecule has 0 bridgehead atoms. The van der Waals surface area contributed by atoms with Gasteiger partial charge in [0.2, 0.25) is 0 Å². The number of fused-ring (bicyclic) bond motifs is 2. The molecule has 0 saturated heterocycles. The van der Waals surface area contributed by atoms with Crippen LogP contribution in [0.4, 0.5) is 9.93 Å². The monoisotopic (exact) mass is 379 g/mol. The third-order valence-corrected chi connectivity index (χ3v) is 6.33. The van der Waals surface area contributed by atoms with E-state index in [9.17, 15) is 4.79 Å². The van der Waals surface area contributed by atoms with E-state index in [1.165, 1.54) is 29.8 Å². The van der Waals surface area contributed by atoms with Crippen molar-refractivity contribution >= 4 is 22.5 Å². The number of aryl methyl sites for hydroxylation is 2. The summed E-state index contributed by atoms with van der Waals surface area (Å²) in [5, 5.41) is 8.23. The van der Waals surface area contributed by atoms with Crippen LogP contribution < -0.4 is 5.32 Å². The molecule has 2 aromatic heterocycles. The van der Waals surface area contributed by atoms with Crippen LogP contribution in [0.15, 0.2) is 36.5 Å². The normalized spacial score (nSPS) is 15.9. The molecular weight excluding hydrogens is 358 g/mol. The van der Waals surface area contributed by atoms with Crippen LogP contribution in [0.5, 0.6) is 0 Å². The summed E-state index contributed by atoms with van der Waals surface area (Å²) >= 11 is 1.63. The minimum absolute atomic E-state index is 0.0882. The van der Waals surface area contributed by atoms with Crippen LogP contribution in [-0.2, 0) is 25.9 Å². The molecule has 2 aliphatic rings. The lowest BCUT2D eigenvalue weighted by atomic mass is 10.2. The number of nitrogens with one attached hydrogen (secondary N) is 1. The van der Waals surface area contributed by atoms with Crippen molar-refractivity contribution in [1.82, 2.24) is 19.7 Å². The fraction of sp³-hybridized carbons (Fsp3) is 0.350. The standard InChI is InChI=1S/C20H21N5OS/c26-20(23-19-22-16-9-5-2-6-10-18(16)27-19)24-12-14-11-21-25(17(14)13-24)15-7-3-1-4-8-15/h1,3-4,7-8,11H,2,5-6,9-10,12-13H2,(H,22,23,26). The van der Waals surface area contributed by atoms with Gasteiger partial charge in [0.05, 0.1) is 36.4 Å². The highest BCUT2D eigenvalue weighted by Crippen LogP contribution is 2.30. The lowest BCUT2D eigenvalue weighted by molar-refractivity contribution is 0.211. The van der Waals surface area contributed by atoms with Gasteiger partial charge >= 0.3 is 6.03 Å². The molecule has 3 heterocycles. The van der Waals surface area contributed by atoms with E-state index < -0.39 is 0 Å². The Labute approximate surface area is 161 Å². The van der Waals surface area contributed by atoms with Gasteiger partial charge in [0.25, 0.3) is 0 Å². The number of para-hydroxylation sites is 1. The van der Waals surface area contributed by atoms with E-state index in [1.54, 1.807) is 11.3 Å². The predicted molar refractivity (Wildman–Crippen MR) is 105 cm³/mol. The molecule has 1 aliphatic heterocycles. The van der Waals surface area contributed by atoms with Crippen molar-refractivity contribution in [3.63, 3.8) is 0 Å². The van der Waals surface area contributed by atoms with Gasteiger partial charge in [0.15, 0.2) is 5.13 Å². The molecule has 1 N–H and O–H groups in total. The first kappa shape index (κ1) is 16.5. The molecular formula is C20H21N5OS. The van der Waals surface area contributed by atoms with E-state index in [4.69, 9.17) is 0 Å². The highest BCUT2D eigenvalue weighted by Gasteiger charge is 2.28. The summed E-state index contributed by atoms with van der Waals surface area (Å²) in [7, 11) is 0. The van der Waals surface area contributed by atoms with Crippen molar-refractivity contribution in [2.24, 2.45) is 0 Å². The molecule has 0 radical (unpaired) electrons. The molecule has 1 aromatic carbocycles. The average Bonchev–Trinajstić information content (AvgIpc) is 3.33. The summed E-state index contributed by atoms with van der Waals surface area (Å²) in [6, 6.07) is 9.94. The molecule has 7 heteroatoms. The maximum atomic E-state index is 12.8. The third kappa shape index (κ3) is 3.12. The number of hydrogen-bond acceptors (Lipinski definition) is 4. The van der Waals surface area contributed by atoms with Crippen LogP contribution in [0.2, 0.25) is 0 Å². The molecule has 0 spiro atoms. The molecule has 1 aliphatic carbocycles. The van der Waals surface area contributed by atoms with Crippen molar-refractivity contribution in [1.29, 1.82) is 0 Å². The summed E-state index contributed by atoms with van der Waals surface area (Å²) in [6.07, 6.45) is 7.67. The molecule has 0 saturated carbocycles. The van der Waals surface area contributed by atoms with Crippen molar-refractivity contribution in [2.75, 3.05) is 5.32 Å². The van der Waals surface area contributed by atoms with Crippen LogP contribution >= 0.6 is 11.3 Å². The Balaban J connectivity index is 1.30. The van der Waals surface area contributed by atoms with Crippen molar-refractivity contribution in [3.05, 3.63) is 58.4 Å². The largest absolute Gasteiger partial charge is 0.324 e. The first-order chi connectivity index (χ1) is 13.3. The lowest BCUT2D eigenvalue weighted by Gasteiger charge is -2.16. The number of nitrogens with zero attached hydrogens (tertiary/aromatic N) is 4. The second-order valence-corrected chi connectivity index (χ2v) is 8.18. The molecule has 0 atom stereocenters. The van der Waals surface area contributed by atoms with Gasteiger partial charge in [-0.2, -0.15) is 5.10 Å². The van der Waals surface area contributed by atoms with Gasteiger partial charge in [-0.25, -0.2) is 14.5 Å². The fourth-order valence-electron chi connectivity index (χ4n) is 3.84. The first-order valence-electron chi connectivity index (χ1n) is 9.43. The molecule has 138 valence electrons. The Morgan fingerprint density at radius 3 is 2.81 bits per heavy atom. The minimum atomic E-state index is -0.0882. The van der Waals surface area contributed by atoms with Gasteiger partial charge in [-0.3, -0.25) is 5.32 Å².